The summed E-state index contributed by atoms with van der Waals surface area (Å²) in [6.45, 7) is 2.21. The van der Waals surface area contributed by atoms with Gasteiger partial charge in [0.15, 0.2) is 11.6 Å². The van der Waals surface area contributed by atoms with E-state index in [1.54, 1.807) is 12.1 Å². The zero-order valence-electron chi connectivity index (χ0n) is 16.2. The van der Waals surface area contributed by atoms with Crippen LogP contribution in [0.3, 0.4) is 0 Å². The normalized spacial score (nSPS) is 25.4. The Hall–Kier alpha value is -1.32. The van der Waals surface area contributed by atoms with E-state index in [1.165, 1.54) is 32.1 Å². The third-order valence-corrected chi connectivity index (χ3v) is 6.59. The quantitative estimate of drug-likeness (QED) is 0.329. The Kier molecular flexibility index (Phi) is 6.99. The molecule has 1 aromatic carbocycles. The van der Waals surface area contributed by atoms with Gasteiger partial charge in [-0.1, -0.05) is 51.2 Å². The molecular weight excluding hydrogens is 352 g/mol. The molecule has 0 nitrogen and oxygen atoms in total. The monoisotopic (exact) mass is 382 g/mol. The maximum absolute atomic E-state index is 14.7. The first-order chi connectivity index (χ1) is 13.0. The van der Waals surface area contributed by atoms with Crippen LogP contribution in [0.2, 0.25) is 0 Å². The summed E-state index contributed by atoms with van der Waals surface area (Å²) >= 11 is 0. The second-order valence-corrected chi connectivity index (χ2v) is 8.41. The van der Waals surface area contributed by atoms with Crippen molar-refractivity contribution in [2.75, 3.05) is 0 Å². The molecule has 0 bridgehead atoms. The van der Waals surface area contributed by atoms with Crippen LogP contribution in [0.4, 0.5) is 17.6 Å². The molecule has 2 aliphatic rings. The number of benzene rings is 1. The summed E-state index contributed by atoms with van der Waals surface area (Å²) in [6.07, 6.45) is 8.98. The molecule has 0 heterocycles. The van der Waals surface area contributed by atoms with Gasteiger partial charge < -0.3 is 0 Å². The maximum Gasteiger partial charge on any atom is 0.269 e. The summed E-state index contributed by atoms with van der Waals surface area (Å²) in [5.41, 5.74) is 0.805. The average molecular weight is 382 g/mol. The highest BCUT2D eigenvalue weighted by atomic mass is 19.3. The van der Waals surface area contributed by atoms with E-state index in [0.717, 1.165) is 31.6 Å². The highest BCUT2D eigenvalue weighted by molar-refractivity contribution is 5.36. The smallest absolute Gasteiger partial charge is 0.203 e. The highest BCUT2D eigenvalue weighted by Crippen LogP contribution is 2.46. The molecule has 0 saturated heterocycles. The molecule has 3 rings (SSSR count). The molecule has 2 saturated carbocycles. The molecule has 2 aliphatic carbocycles. The number of unbranched alkanes of at least 4 members (excludes halogenated alkanes) is 3. The third-order valence-electron chi connectivity index (χ3n) is 6.59. The Bertz CT molecular complexity index is 659. The summed E-state index contributed by atoms with van der Waals surface area (Å²) in [5.74, 6) is -1.08. The van der Waals surface area contributed by atoms with E-state index in [0.29, 0.717) is 5.56 Å². The molecule has 1 aromatic rings. The van der Waals surface area contributed by atoms with Gasteiger partial charge in [0.1, 0.15) is 0 Å². The van der Waals surface area contributed by atoms with Crippen molar-refractivity contribution in [2.45, 2.75) is 89.4 Å². The van der Waals surface area contributed by atoms with Crippen molar-refractivity contribution >= 4 is 0 Å². The SMILES string of the molecule is CCCCCCC1CCC(c2ccc(C3CC(=C(F)F)C3)c(F)c2F)CC1. The van der Waals surface area contributed by atoms with Crippen LogP contribution in [0.5, 0.6) is 0 Å². The van der Waals surface area contributed by atoms with E-state index >= 15 is 0 Å². The number of hydrogen-bond acceptors (Lipinski definition) is 0. The number of halogens is 4. The van der Waals surface area contributed by atoms with Gasteiger partial charge in [0, 0.05) is 0 Å². The van der Waals surface area contributed by atoms with Crippen LogP contribution in [0.1, 0.15) is 101 Å². The number of rotatable bonds is 7. The van der Waals surface area contributed by atoms with Crippen LogP contribution in [0, 0.1) is 17.6 Å². The van der Waals surface area contributed by atoms with Gasteiger partial charge in [-0.05, 0) is 73.0 Å². The van der Waals surface area contributed by atoms with Crippen LogP contribution >= 0.6 is 0 Å². The second kappa shape index (κ2) is 9.25. The molecule has 4 heteroatoms. The summed E-state index contributed by atoms with van der Waals surface area (Å²) in [4.78, 5) is 0. The first-order valence-electron chi connectivity index (χ1n) is 10.5. The second-order valence-electron chi connectivity index (χ2n) is 8.41. The fourth-order valence-corrected chi connectivity index (χ4v) is 4.74. The lowest BCUT2D eigenvalue weighted by molar-refractivity contribution is 0.296. The Morgan fingerprint density at radius 3 is 2.00 bits per heavy atom. The molecule has 0 radical (unpaired) electrons. The van der Waals surface area contributed by atoms with Crippen molar-refractivity contribution in [3.63, 3.8) is 0 Å². The Balaban J connectivity index is 1.57. The predicted molar refractivity (Wildman–Crippen MR) is 101 cm³/mol. The van der Waals surface area contributed by atoms with Gasteiger partial charge in [-0.25, -0.2) is 8.78 Å². The Morgan fingerprint density at radius 2 is 1.44 bits per heavy atom. The lowest BCUT2D eigenvalue weighted by Crippen LogP contribution is -2.18. The summed E-state index contributed by atoms with van der Waals surface area (Å²) in [6, 6.07) is 3.33. The van der Waals surface area contributed by atoms with Crippen LogP contribution in [-0.2, 0) is 0 Å². The molecule has 0 atom stereocenters. The van der Waals surface area contributed by atoms with Gasteiger partial charge in [-0.15, -0.1) is 0 Å². The average Bonchev–Trinajstić information content (AvgIpc) is 2.62. The molecule has 0 N–H and O–H groups in total. The molecule has 0 aromatic heterocycles. The minimum Gasteiger partial charge on any atom is -0.203 e. The van der Waals surface area contributed by atoms with E-state index in [4.69, 9.17) is 0 Å². The molecule has 27 heavy (non-hydrogen) atoms. The molecule has 0 aliphatic heterocycles. The van der Waals surface area contributed by atoms with E-state index < -0.39 is 17.7 Å². The first kappa shape index (κ1) is 20.4. The van der Waals surface area contributed by atoms with Crippen molar-refractivity contribution in [3.05, 3.63) is 46.5 Å². The van der Waals surface area contributed by atoms with Crippen molar-refractivity contribution in [1.29, 1.82) is 0 Å². The van der Waals surface area contributed by atoms with Crippen molar-refractivity contribution in [2.24, 2.45) is 5.92 Å². The zero-order valence-corrected chi connectivity index (χ0v) is 16.2. The molecule has 150 valence electrons. The van der Waals surface area contributed by atoms with Crippen LogP contribution in [-0.4, -0.2) is 0 Å². The topological polar surface area (TPSA) is 0 Å². The molecule has 0 unspecified atom stereocenters. The molecule has 0 spiro atoms. The van der Waals surface area contributed by atoms with E-state index in [1.807, 2.05) is 0 Å². The zero-order chi connectivity index (χ0) is 19.4. The third kappa shape index (κ3) is 4.75. The van der Waals surface area contributed by atoms with E-state index in [9.17, 15) is 17.6 Å². The van der Waals surface area contributed by atoms with E-state index in [-0.39, 0.29) is 35.8 Å². The van der Waals surface area contributed by atoms with Crippen molar-refractivity contribution in [1.82, 2.24) is 0 Å². The predicted octanol–water partition coefficient (Wildman–Crippen LogP) is 8.24. The lowest BCUT2D eigenvalue weighted by Gasteiger charge is -2.31. The van der Waals surface area contributed by atoms with E-state index in [2.05, 4.69) is 6.92 Å². The highest BCUT2D eigenvalue weighted by Gasteiger charge is 2.33. The standard InChI is InChI=1S/C23H30F4/c1-2-3-4-5-6-15-7-9-16(10-8-15)19-11-12-20(22(25)21(19)24)17-13-18(14-17)23(26)27/h11-12,15-17H,2-10,13-14H2,1H3. The van der Waals surface area contributed by atoms with Gasteiger partial charge in [0.25, 0.3) is 6.08 Å². The molecule has 2 fully saturated rings. The summed E-state index contributed by atoms with van der Waals surface area (Å²) < 4.78 is 54.3. The fourth-order valence-electron chi connectivity index (χ4n) is 4.74. The van der Waals surface area contributed by atoms with Crippen molar-refractivity contribution < 1.29 is 17.6 Å². The number of hydrogen-bond donors (Lipinski definition) is 0. The minimum atomic E-state index is -1.67. The van der Waals surface area contributed by atoms with Gasteiger partial charge in [-0.2, -0.15) is 8.78 Å². The van der Waals surface area contributed by atoms with Crippen molar-refractivity contribution in [3.8, 4) is 0 Å². The minimum absolute atomic E-state index is 0.0705. The van der Waals surface area contributed by atoms with Gasteiger partial charge in [0.05, 0.1) is 0 Å². The summed E-state index contributed by atoms with van der Waals surface area (Å²) in [5, 5.41) is 0. The summed E-state index contributed by atoms with van der Waals surface area (Å²) in [7, 11) is 0. The first-order valence-corrected chi connectivity index (χ1v) is 10.5. The molecular formula is C23H30F4. The Labute approximate surface area is 160 Å². The number of allylic oxidation sites excluding steroid dienone is 1. The van der Waals surface area contributed by atoms with Gasteiger partial charge in [0.2, 0.25) is 0 Å². The van der Waals surface area contributed by atoms with Crippen LogP contribution in [0.25, 0.3) is 0 Å². The van der Waals surface area contributed by atoms with Crippen LogP contribution < -0.4 is 0 Å². The lowest BCUT2D eigenvalue weighted by atomic mass is 9.74. The largest absolute Gasteiger partial charge is 0.269 e. The maximum atomic E-state index is 14.7. The van der Waals surface area contributed by atoms with Gasteiger partial charge in [-0.3, -0.25) is 0 Å². The Morgan fingerprint density at radius 1 is 0.852 bits per heavy atom. The molecule has 0 amide bonds. The fraction of sp³-hybridized carbons (Fsp3) is 0.652. The van der Waals surface area contributed by atoms with Gasteiger partial charge >= 0.3 is 0 Å². The van der Waals surface area contributed by atoms with Crippen LogP contribution in [0.15, 0.2) is 23.8 Å².